The number of methoxy groups -OCH3 is 1. The van der Waals surface area contributed by atoms with Crippen LogP contribution in [0.5, 0.6) is 0 Å². The summed E-state index contributed by atoms with van der Waals surface area (Å²) < 4.78 is 29.9. The standard InChI is InChI=1S/C20H20N2O6S2/c1-28-20(25)13-2-4-14(5-3-13)21-19(24)9-11-30(26,27)15-6-7-17-16(12-15)22-18(23)8-10-29-17/h2-7,12H,8-11H2,1H3,(H,21,24)(H,22,23). The largest absolute Gasteiger partial charge is 0.465 e. The molecule has 2 aromatic carbocycles. The van der Waals surface area contributed by atoms with Gasteiger partial charge in [0.15, 0.2) is 9.84 Å². The van der Waals surface area contributed by atoms with Gasteiger partial charge in [0.05, 0.1) is 29.0 Å². The quantitative estimate of drug-likeness (QED) is 0.652. The molecule has 0 spiro atoms. The van der Waals surface area contributed by atoms with Gasteiger partial charge in [-0.15, -0.1) is 11.8 Å². The van der Waals surface area contributed by atoms with Crippen molar-refractivity contribution in [2.45, 2.75) is 22.6 Å². The van der Waals surface area contributed by atoms with Crippen LogP contribution >= 0.6 is 11.8 Å². The third kappa shape index (κ3) is 5.39. The van der Waals surface area contributed by atoms with E-state index in [1.807, 2.05) is 0 Å². The maximum absolute atomic E-state index is 12.6. The molecule has 1 aliphatic rings. The Balaban J connectivity index is 1.62. The SMILES string of the molecule is COC(=O)c1ccc(NC(=O)CCS(=O)(=O)c2ccc3c(c2)NC(=O)CCS3)cc1. The third-order valence-electron chi connectivity index (χ3n) is 4.36. The topological polar surface area (TPSA) is 119 Å². The molecule has 0 bridgehead atoms. The van der Waals surface area contributed by atoms with Crippen LogP contribution in [0.25, 0.3) is 0 Å². The average molecular weight is 449 g/mol. The molecule has 8 nitrogen and oxygen atoms in total. The van der Waals surface area contributed by atoms with Crippen LogP contribution < -0.4 is 10.6 Å². The number of ether oxygens (including phenoxy) is 1. The summed E-state index contributed by atoms with van der Waals surface area (Å²) in [5.41, 5.74) is 1.25. The Kier molecular flexibility index (Phi) is 6.78. The predicted octanol–water partition coefficient (Wildman–Crippen LogP) is 2.71. The highest BCUT2D eigenvalue weighted by Gasteiger charge is 2.20. The number of rotatable bonds is 6. The second-order valence-corrected chi connectivity index (χ2v) is 9.74. The fraction of sp³-hybridized carbons (Fsp3) is 0.250. The van der Waals surface area contributed by atoms with Crippen LogP contribution in [-0.4, -0.2) is 44.8 Å². The highest BCUT2D eigenvalue weighted by Crippen LogP contribution is 2.33. The van der Waals surface area contributed by atoms with Gasteiger partial charge in [-0.2, -0.15) is 0 Å². The zero-order valence-electron chi connectivity index (χ0n) is 16.1. The van der Waals surface area contributed by atoms with Gasteiger partial charge in [-0.3, -0.25) is 9.59 Å². The van der Waals surface area contributed by atoms with Crippen molar-refractivity contribution in [3.05, 3.63) is 48.0 Å². The van der Waals surface area contributed by atoms with Gasteiger partial charge in [0.1, 0.15) is 0 Å². The molecule has 0 radical (unpaired) electrons. The monoisotopic (exact) mass is 448 g/mol. The van der Waals surface area contributed by atoms with Gasteiger partial charge in [-0.25, -0.2) is 13.2 Å². The molecular formula is C20H20N2O6S2. The van der Waals surface area contributed by atoms with Gasteiger partial charge in [0.25, 0.3) is 0 Å². The summed E-state index contributed by atoms with van der Waals surface area (Å²) in [7, 11) is -2.44. The average Bonchev–Trinajstić information content (AvgIpc) is 2.92. The Morgan fingerprint density at radius 3 is 2.60 bits per heavy atom. The molecule has 0 aromatic heterocycles. The van der Waals surface area contributed by atoms with Crippen LogP contribution in [0.15, 0.2) is 52.3 Å². The Morgan fingerprint density at radius 2 is 1.90 bits per heavy atom. The minimum absolute atomic E-state index is 0.0549. The fourth-order valence-corrected chi connectivity index (χ4v) is 4.97. The second kappa shape index (κ2) is 9.31. The molecule has 2 N–H and O–H groups in total. The van der Waals surface area contributed by atoms with Crippen molar-refractivity contribution in [3.63, 3.8) is 0 Å². The Labute approximate surface area is 178 Å². The van der Waals surface area contributed by atoms with E-state index in [2.05, 4.69) is 15.4 Å². The smallest absolute Gasteiger partial charge is 0.337 e. The van der Waals surface area contributed by atoms with Crippen molar-refractivity contribution in [1.82, 2.24) is 0 Å². The van der Waals surface area contributed by atoms with Crippen LogP contribution in [0.4, 0.5) is 11.4 Å². The first-order valence-corrected chi connectivity index (χ1v) is 11.7. The second-order valence-electron chi connectivity index (χ2n) is 6.49. The van der Waals surface area contributed by atoms with E-state index in [-0.39, 0.29) is 23.0 Å². The van der Waals surface area contributed by atoms with Crippen LogP contribution in [0, 0.1) is 0 Å². The normalized spacial score (nSPS) is 13.6. The first-order chi connectivity index (χ1) is 14.3. The molecule has 2 amide bonds. The maximum atomic E-state index is 12.6. The van der Waals surface area contributed by atoms with Crippen molar-refractivity contribution in [3.8, 4) is 0 Å². The number of esters is 1. The minimum atomic E-state index is -3.71. The number of hydrogen-bond donors (Lipinski definition) is 2. The Bertz CT molecular complexity index is 1080. The number of anilines is 2. The summed E-state index contributed by atoms with van der Waals surface area (Å²) in [6, 6.07) is 10.7. The lowest BCUT2D eigenvalue weighted by Crippen LogP contribution is -2.18. The Morgan fingerprint density at radius 1 is 1.17 bits per heavy atom. The summed E-state index contributed by atoms with van der Waals surface area (Å²) in [4.78, 5) is 36.2. The highest BCUT2D eigenvalue weighted by molar-refractivity contribution is 7.99. The molecule has 30 heavy (non-hydrogen) atoms. The van der Waals surface area contributed by atoms with Crippen molar-refractivity contribution in [2.24, 2.45) is 0 Å². The van der Waals surface area contributed by atoms with E-state index in [0.717, 1.165) is 4.90 Å². The number of benzene rings is 2. The van der Waals surface area contributed by atoms with E-state index in [0.29, 0.717) is 29.1 Å². The molecule has 1 aliphatic heterocycles. The predicted molar refractivity (Wildman–Crippen MR) is 113 cm³/mol. The summed E-state index contributed by atoms with van der Waals surface area (Å²) >= 11 is 1.49. The number of carbonyl (C=O) groups excluding carboxylic acids is 3. The zero-order chi connectivity index (χ0) is 21.7. The molecule has 0 saturated carbocycles. The minimum Gasteiger partial charge on any atom is -0.465 e. The van der Waals surface area contributed by atoms with E-state index in [1.165, 1.54) is 55.3 Å². The summed E-state index contributed by atoms with van der Waals surface area (Å²) in [5, 5.41) is 5.31. The highest BCUT2D eigenvalue weighted by atomic mass is 32.2. The fourth-order valence-electron chi connectivity index (χ4n) is 2.77. The summed E-state index contributed by atoms with van der Waals surface area (Å²) in [6.45, 7) is 0. The lowest BCUT2D eigenvalue weighted by atomic mass is 10.2. The van der Waals surface area contributed by atoms with E-state index in [4.69, 9.17) is 0 Å². The third-order valence-corrected chi connectivity index (χ3v) is 7.15. The van der Waals surface area contributed by atoms with Gasteiger partial charge in [-0.1, -0.05) is 0 Å². The van der Waals surface area contributed by atoms with Crippen molar-refractivity contribution in [2.75, 3.05) is 29.2 Å². The lowest BCUT2D eigenvalue weighted by molar-refractivity contribution is -0.116. The van der Waals surface area contributed by atoms with Gasteiger partial charge in [0.2, 0.25) is 11.8 Å². The van der Waals surface area contributed by atoms with Crippen LogP contribution in [-0.2, 0) is 24.2 Å². The molecule has 1 heterocycles. The van der Waals surface area contributed by atoms with Crippen LogP contribution in [0.3, 0.4) is 0 Å². The van der Waals surface area contributed by atoms with Gasteiger partial charge >= 0.3 is 5.97 Å². The molecular weight excluding hydrogens is 428 g/mol. The molecule has 2 aromatic rings. The molecule has 0 atom stereocenters. The maximum Gasteiger partial charge on any atom is 0.337 e. The van der Waals surface area contributed by atoms with E-state index >= 15 is 0 Å². The molecule has 0 fully saturated rings. The number of sulfone groups is 1. The number of fused-ring (bicyclic) bond motifs is 1. The summed E-state index contributed by atoms with van der Waals surface area (Å²) in [6.07, 6.45) is 0.126. The van der Waals surface area contributed by atoms with Crippen LogP contribution in [0.2, 0.25) is 0 Å². The molecule has 10 heteroatoms. The first kappa shape index (κ1) is 21.8. The first-order valence-electron chi connectivity index (χ1n) is 9.06. The zero-order valence-corrected chi connectivity index (χ0v) is 17.8. The van der Waals surface area contributed by atoms with Crippen molar-refractivity contribution in [1.29, 1.82) is 0 Å². The van der Waals surface area contributed by atoms with Gasteiger partial charge in [-0.05, 0) is 42.5 Å². The molecule has 0 aliphatic carbocycles. The van der Waals surface area contributed by atoms with Crippen molar-refractivity contribution >= 4 is 50.8 Å². The van der Waals surface area contributed by atoms with E-state index < -0.39 is 21.7 Å². The molecule has 0 unspecified atom stereocenters. The number of carbonyl (C=O) groups is 3. The van der Waals surface area contributed by atoms with Gasteiger partial charge < -0.3 is 15.4 Å². The number of nitrogens with one attached hydrogen (secondary N) is 2. The van der Waals surface area contributed by atoms with Crippen LogP contribution in [0.1, 0.15) is 23.2 Å². The summed E-state index contributed by atoms with van der Waals surface area (Å²) in [5.74, 6) is -0.865. The number of amides is 2. The van der Waals surface area contributed by atoms with Gasteiger partial charge in [0, 0.05) is 29.2 Å². The van der Waals surface area contributed by atoms with Crippen molar-refractivity contribution < 1.29 is 27.5 Å². The van der Waals surface area contributed by atoms with E-state index in [1.54, 1.807) is 6.07 Å². The number of hydrogen-bond acceptors (Lipinski definition) is 7. The molecule has 0 saturated heterocycles. The molecule has 158 valence electrons. The lowest BCUT2D eigenvalue weighted by Gasteiger charge is -2.10. The Hall–Kier alpha value is -2.85. The number of thioether (sulfide) groups is 1. The van der Waals surface area contributed by atoms with E-state index in [9.17, 15) is 22.8 Å². The molecule has 3 rings (SSSR count).